The predicted octanol–water partition coefficient (Wildman–Crippen LogP) is 3.19. The summed E-state index contributed by atoms with van der Waals surface area (Å²) in [5.74, 6) is 0.835. The van der Waals surface area contributed by atoms with Crippen molar-refractivity contribution < 1.29 is 19.4 Å². The second-order valence-electron chi connectivity index (χ2n) is 8.04. The molecule has 0 amide bonds. The van der Waals surface area contributed by atoms with Gasteiger partial charge in [0.15, 0.2) is 0 Å². The Morgan fingerprint density at radius 1 is 1.41 bits per heavy atom. The van der Waals surface area contributed by atoms with Crippen LogP contribution in [-0.4, -0.2) is 51.2 Å². The predicted molar refractivity (Wildman–Crippen MR) is 109 cm³/mol. The van der Waals surface area contributed by atoms with E-state index in [2.05, 4.69) is 16.9 Å². The summed E-state index contributed by atoms with van der Waals surface area (Å²) in [5, 5.41) is 11.9. The zero-order valence-corrected chi connectivity index (χ0v) is 17.0. The van der Waals surface area contributed by atoms with Gasteiger partial charge in [-0.05, 0) is 50.8 Å². The second-order valence-corrected chi connectivity index (χ2v) is 8.04. The maximum atomic E-state index is 12.8. The minimum atomic E-state index is -1.17. The molecule has 1 atom stereocenters. The molecule has 0 aliphatic carbocycles. The van der Waals surface area contributed by atoms with Crippen molar-refractivity contribution >= 4 is 23.1 Å². The summed E-state index contributed by atoms with van der Waals surface area (Å²) < 4.78 is 11.5. The number of aromatic amines is 1. The van der Waals surface area contributed by atoms with Gasteiger partial charge in [-0.25, -0.2) is 9.78 Å². The van der Waals surface area contributed by atoms with Crippen LogP contribution in [0.4, 0.5) is 0 Å². The number of piperidine rings is 1. The third-order valence-electron chi connectivity index (χ3n) is 5.40. The lowest BCUT2D eigenvalue weighted by atomic mass is 9.99. The van der Waals surface area contributed by atoms with E-state index in [0.29, 0.717) is 17.6 Å². The molecule has 1 unspecified atom stereocenters. The van der Waals surface area contributed by atoms with Gasteiger partial charge in [0.2, 0.25) is 5.88 Å². The maximum Gasteiger partial charge on any atom is 0.342 e. The van der Waals surface area contributed by atoms with Gasteiger partial charge >= 0.3 is 5.97 Å². The number of aromatic nitrogens is 2. The Morgan fingerprint density at radius 3 is 2.90 bits per heavy atom. The number of ether oxygens (including phenoxy) is 2. The zero-order chi connectivity index (χ0) is 20.5. The Morgan fingerprint density at radius 2 is 2.17 bits per heavy atom. The lowest BCUT2D eigenvalue weighted by Crippen LogP contribution is -2.34. The molecule has 0 saturated carbocycles. The van der Waals surface area contributed by atoms with Crippen LogP contribution in [0.1, 0.15) is 39.2 Å². The van der Waals surface area contributed by atoms with Crippen LogP contribution in [0.2, 0.25) is 0 Å². The number of hydrogen-bond acceptors (Lipinski definition) is 6. The van der Waals surface area contributed by atoms with Gasteiger partial charge in [-0.1, -0.05) is 6.92 Å². The molecule has 4 rings (SSSR count). The van der Waals surface area contributed by atoms with E-state index < -0.39 is 12.1 Å². The first-order valence-corrected chi connectivity index (χ1v) is 10.1. The number of hydrogen-bond donors (Lipinski definition) is 2. The number of carbonyl (C=O) groups excluding carboxylic acids is 1. The highest BCUT2D eigenvalue weighted by Gasteiger charge is 2.40. The van der Waals surface area contributed by atoms with E-state index in [0.717, 1.165) is 42.5 Å². The van der Waals surface area contributed by atoms with Gasteiger partial charge in [0, 0.05) is 36.4 Å². The summed E-state index contributed by atoms with van der Waals surface area (Å²) in [7, 11) is 0. The molecule has 0 spiro atoms. The summed E-state index contributed by atoms with van der Waals surface area (Å²) in [6, 6.07) is 3.80. The first-order valence-electron chi connectivity index (χ1n) is 10.1. The molecule has 2 aliphatic rings. The minimum Gasteiger partial charge on any atom is -0.459 e. The number of likely N-dealkylation sites (tertiary alicyclic amines) is 1. The quantitative estimate of drug-likeness (QED) is 0.771. The van der Waals surface area contributed by atoms with Gasteiger partial charge in [-0.3, -0.25) is 0 Å². The summed E-state index contributed by atoms with van der Waals surface area (Å²) in [6.07, 6.45) is 5.87. The van der Waals surface area contributed by atoms with Crippen molar-refractivity contribution in [3.8, 4) is 0 Å². The number of pyridine rings is 1. The van der Waals surface area contributed by atoms with E-state index in [-0.39, 0.29) is 11.7 Å². The molecule has 2 N–H and O–H groups in total. The van der Waals surface area contributed by atoms with Crippen molar-refractivity contribution in [1.82, 2.24) is 14.9 Å². The monoisotopic (exact) mass is 397 g/mol. The van der Waals surface area contributed by atoms with Crippen LogP contribution in [0.15, 0.2) is 41.7 Å². The van der Waals surface area contributed by atoms with Gasteiger partial charge in [0.05, 0.1) is 6.10 Å². The fraction of sp³-hybridized carbons (Fsp3) is 0.455. The van der Waals surface area contributed by atoms with Crippen LogP contribution in [-0.2, 0) is 14.3 Å². The number of H-pyrrole nitrogens is 1. The smallest absolute Gasteiger partial charge is 0.342 e. The molecule has 7 nitrogen and oxygen atoms in total. The first kappa shape index (κ1) is 19.5. The molecular weight excluding hydrogens is 370 g/mol. The molecule has 4 heterocycles. The third-order valence-corrected chi connectivity index (χ3v) is 5.40. The fourth-order valence-corrected chi connectivity index (χ4v) is 3.76. The number of nitrogens with one attached hydrogen (secondary N) is 1. The van der Waals surface area contributed by atoms with E-state index in [1.807, 2.05) is 23.2 Å². The topological polar surface area (TPSA) is 87.7 Å². The summed E-state index contributed by atoms with van der Waals surface area (Å²) in [4.78, 5) is 22.2. The molecule has 2 aromatic rings. The molecule has 29 heavy (non-hydrogen) atoms. The molecular formula is C22H27N3O4. The Hall–Kier alpha value is -2.80. The maximum absolute atomic E-state index is 12.8. The van der Waals surface area contributed by atoms with Gasteiger partial charge in [-0.15, -0.1) is 0 Å². The number of aliphatic hydroxyl groups excluding tert-OH is 1. The zero-order valence-electron chi connectivity index (χ0n) is 17.0. The number of aliphatic hydroxyl groups is 1. The highest BCUT2D eigenvalue weighted by atomic mass is 16.6. The summed E-state index contributed by atoms with van der Waals surface area (Å²) in [6.45, 7) is 7.37. The fourth-order valence-electron chi connectivity index (χ4n) is 3.76. The number of esters is 1. The van der Waals surface area contributed by atoms with Crippen LogP contribution >= 0.6 is 0 Å². The van der Waals surface area contributed by atoms with E-state index in [1.54, 1.807) is 26.1 Å². The lowest BCUT2D eigenvalue weighted by molar-refractivity contribution is -0.143. The van der Waals surface area contributed by atoms with Crippen LogP contribution in [0.5, 0.6) is 0 Å². The highest BCUT2D eigenvalue weighted by molar-refractivity contribution is 5.93. The second kappa shape index (κ2) is 7.91. The van der Waals surface area contributed by atoms with Crippen molar-refractivity contribution in [1.29, 1.82) is 0 Å². The Kier molecular flexibility index (Phi) is 5.32. The number of fused-ring (bicyclic) bond motifs is 1. The lowest BCUT2D eigenvalue weighted by Gasteiger charge is -2.32. The van der Waals surface area contributed by atoms with Gasteiger partial charge in [0.25, 0.3) is 0 Å². The van der Waals surface area contributed by atoms with E-state index in [4.69, 9.17) is 9.47 Å². The third kappa shape index (κ3) is 3.87. The SMILES string of the molecule is CC1CCN(C2=C(C(=O)OC(C)C)C(O)/C(=C/c3c[nH]c4ncccc34)O2)CC1. The highest BCUT2D eigenvalue weighted by Crippen LogP contribution is 2.35. The number of carbonyl (C=O) groups is 1. The van der Waals surface area contributed by atoms with Crippen molar-refractivity contribution in [2.24, 2.45) is 5.92 Å². The molecule has 7 heteroatoms. The van der Waals surface area contributed by atoms with Crippen molar-refractivity contribution in [3.63, 3.8) is 0 Å². The van der Waals surface area contributed by atoms with Crippen LogP contribution in [0.3, 0.4) is 0 Å². The molecule has 0 bridgehead atoms. The van der Waals surface area contributed by atoms with Crippen LogP contribution < -0.4 is 0 Å². The molecule has 2 aromatic heterocycles. The normalized spacial score (nSPS) is 22.0. The Labute approximate surface area is 170 Å². The molecule has 1 fully saturated rings. The molecule has 0 aromatic carbocycles. The van der Waals surface area contributed by atoms with E-state index in [1.165, 1.54) is 0 Å². The molecule has 2 aliphatic heterocycles. The summed E-state index contributed by atoms with van der Waals surface area (Å²) >= 11 is 0. The average Bonchev–Trinajstić information content (AvgIpc) is 3.24. The van der Waals surface area contributed by atoms with Crippen molar-refractivity contribution in [2.45, 2.75) is 45.8 Å². The Bertz CT molecular complexity index is 967. The van der Waals surface area contributed by atoms with Gasteiger partial charge in [0.1, 0.15) is 23.1 Å². The summed E-state index contributed by atoms with van der Waals surface area (Å²) in [5.41, 5.74) is 1.77. The van der Waals surface area contributed by atoms with Gasteiger partial charge in [-0.2, -0.15) is 0 Å². The standard InChI is InChI=1S/C22H27N3O4/c1-13(2)28-22(27)18-19(26)17(29-21(18)25-9-6-14(3)7-10-25)11-15-12-24-20-16(15)5-4-8-23-20/h4-5,8,11-14,19,26H,6-7,9-10H2,1-3H3,(H,23,24)/b17-11-. The van der Waals surface area contributed by atoms with Gasteiger partial charge < -0.3 is 24.5 Å². The average molecular weight is 397 g/mol. The van der Waals surface area contributed by atoms with Crippen molar-refractivity contribution in [3.05, 3.63) is 47.3 Å². The minimum absolute atomic E-state index is 0.178. The first-order chi connectivity index (χ1) is 13.9. The molecule has 154 valence electrons. The Balaban J connectivity index is 1.68. The van der Waals surface area contributed by atoms with Crippen molar-refractivity contribution in [2.75, 3.05) is 13.1 Å². The molecule has 0 radical (unpaired) electrons. The van der Waals surface area contributed by atoms with E-state index in [9.17, 15) is 9.90 Å². The van der Waals surface area contributed by atoms with E-state index >= 15 is 0 Å². The van der Waals surface area contributed by atoms with Crippen LogP contribution in [0.25, 0.3) is 17.1 Å². The number of nitrogens with zero attached hydrogens (tertiary/aromatic N) is 2. The number of rotatable bonds is 4. The molecule has 1 saturated heterocycles. The largest absolute Gasteiger partial charge is 0.459 e. The van der Waals surface area contributed by atoms with Crippen LogP contribution in [0, 0.1) is 5.92 Å².